The monoisotopic (exact) mass is 287 g/mol. The molecule has 0 spiro atoms. The van der Waals surface area contributed by atoms with Crippen molar-refractivity contribution >= 4 is 11.6 Å². The van der Waals surface area contributed by atoms with Gasteiger partial charge < -0.3 is 10.4 Å². The molecule has 0 saturated carbocycles. The molecule has 1 heterocycles. The normalized spacial score (nSPS) is 24.1. The van der Waals surface area contributed by atoms with Gasteiger partial charge >= 0.3 is 0 Å². The molecule has 1 fully saturated rings. The van der Waals surface area contributed by atoms with Gasteiger partial charge in [-0.2, -0.15) is 5.26 Å². The van der Waals surface area contributed by atoms with Gasteiger partial charge in [-0.25, -0.2) is 0 Å². The predicted molar refractivity (Wildman–Crippen MR) is 80.6 cm³/mol. The Kier molecular flexibility index (Phi) is 4.94. The highest BCUT2D eigenvalue weighted by Crippen LogP contribution is 2.19. The third-order valence-corrected chi connectivity index (χ3v) is 4.10. The Balaban J connectivity index is 1.94. The van der Waals surface area contributed by atoms with Crippen LogP contribution in [0.3, 0.4) is 0 Å². The number of nitriles is 1. The van der Waals surface area contributed by atoms with E-state index in [9.17, 15) is 9.90 Å². The Morgan fingerprint density at radius 3 is 2.71 bits per heavy atom. The van der Waals surface area contributed by atoms with Crippen LogP contribution < -0.4 is 5.32 Å². The maximum Gasteiger partial charge on any atom is 0.241 e. The molecule has 1 amide bonds. The van der Waals surface area contributed by atoms with E-state index in [1.807, 2.05) is 19.9 Å². The van der Waals surface area contributed by atoms with Crippen LogP contribution in [0.25, 0.3) is 0 Å². The molecular formula is C16H21N3O2. The zero-order valence-electron chi connectivity index (χ0n) is 12.4. The summed E-state index contributed by atoms with van der Waals surface area (Å²) in [5, 5.41) is 21.4. The van der Waals surface area contributed by atoms with Gasteiger partial charge in [0.05, 0.1) is 23.8 Å². The maximum atomic E-state index is 12.3. The number of hydrogen-bond acceptors (Lipinski definition) is 4. The highest BCUT2D eigenvalue weighted by atomic mass is 16.3. The van der Waals surface area contributed by atoms with Crippen molar-refractivity contribution in [2.24, 2.45) is 5.92 Å². The summed E-state index contributed by atoms with van der Waals surface area (Å²) in [6.07, 6.45) is 0.436. The largest absolute Gasteiger partial charge is 0.393 e. The van der Waals surface area contributed by atoms with E-state index >= 15 is 0 Å². The zero-order chi connectivity index (χ0) is 15.4. The molecule has 0 bridgehead atoms. The van der Waals surface area contributed by atoms with Gasteiger partial charge in [0.2, 0.25) is 5.91 Å². The average molecular weight is 287 g/mol. The number of hydrogen-bond donors (Lipinski definition) is 2. The molecule has 2 N–H and O–H groups in total. The van der Waals surface area contributed by atoms with E-state index in [0.29, 0.717) is 17.7 Å². The number of anilines is 1. The van der Waals surface area contributed by atoms with Crippen molar-refractivity contribution in [3.63, 3.8) is 0 Å². The average Bonchev–Trinajstić information content (AvgIpc) is 2.50. The summed E-state index contributed by atoms with van der Waals surface area (Å²) in [6.45, 7) is 5.34. The summed E-state index contributed by atoms with van der Waals surface area (Å²) in [5.74, 6) is 0.118. The van der Waals surface area contributed by atoms with E-state index in [1.54, 1.807) is 24.3 Å². The number of carbonyl (C=O) groups is 1. The fourth-order valence-electron chi connectivity index (χ4n) is 2.56. The Morgan fingerprint density at radius 2 is 2.14 bits per heavy atom. The van der Waals surface area contributed by atoms with Gasteiger partial charge in [0.1, 0.15) is 0 Å². The number of rotatable bonds is 3. The third-order valence-electron chi connectivity index (χ3n) is 4.10. The molecule has 1 saturated heterocycles. The summed E-state index contributed by atoms with van der Waals surface area (Å²) in [6, 6.07) is 8.62. The summed E-state index contributed by atoms with van der Waals surface area (Å²) >= 11 is 0. The van der Waals surface area contributed by atoms with Gasteiger partial charge in [0, 0.05) is 18.8 Å². The molecule has 0 aromatic heterocycles. The molecule has 5 heteroatoms. The minimum Gasteiger partial charge on any atom is -0.393 e. The quantitative estimate of drug-likeness (QED) is 0.885. The minimum atomic E-state index is -0.268. The standard InChI is InChI=1S/C16H21N3O2/c1-11-10-19(8-7-15(11)20)12(2)16(21)18-14-5-3-13(9-17)4-6-14/h3-6,11-12,15,20H,7-8,10H2,1-2H3,(H,18,21). The Bertz CT molecular complexity index is 535. The van der Waals surface area contributed by atoms with E-state index in [0.717, 1.165) is 13.1 Å². The van der Waals surface area contributed by atoms with Crippen molar-refractivity contribution in [1.29, 1.82) is 5.26 Å². The summed E-state index contributed by atoms with van der Waals surface area (Å²) in [7, 11) is 0. The number of amides is 1. The van der Waals surface area contributed by atoms with Crippen molar-refractivity contribution in [3.05, 3.63) is 29.8 Å². The van der Waals surface area contributed by atoms with Crippen LogP contribution in [0, 0.1) is 17.2 Å². The molecule has 1 aliphatic heterocycles. The van der Waals surface area contributed by atoms with Crippen LogP contribution in [0.1, 0.15) is 25.8 Å². The SMILES string of the molecule is CC1CN(C(C)C(=O)Nc2ccc(C#N)cc2)CCC1O. The van der Waals surface area contributed by atoms with Gasteiger partial charge in [-0.1, -0.05) is 6.92 Å². The summed E-state index contributed by atoms with van der Waals surface area (Å²) in [4.78, 5) is 14.4. The molecule has 21 heavy (non-hydrogen) atoms. The van der Waals surface area contributed by atoms with Gasteiger partial charge in [-0.15, -0.1) is 0 Å². The van der Waals surface area contributed by atoms with Crippen LogP contribution in [-0.4, -0.2) is 41.1 Å². The van der Waals surface area contributed by atoms with Crippen LogP contribution in [0.4, 0.5) is 5.69 Å². The first-order valence-corrected chi connectivity index (χ1v) is 7.24. The number of piperidine rings is 1. The lowest BCUT2D eigenvalue weighted by Crippen LogP contribution is -2.50. The first-order chi connectivity index (χ1) is 10.0. The number of aliphatic hydroxyl groups is 1. The zero-order valence-corrected chi connectivity index (χ0v) is 12.4. The molecule has 5 nitrogen and oxygen atoms in total. The lowest BCUT2D eigenvalue weighted by molar-refractivity contribution is -0.122. The number of benzene rings is 1. The third kappa shape index (κ3) is 3.81. The van der Waals surface area contributed by atoms with Gasteiger partial charge in [-0.3, -0.25) is 9.69 Å². The van der Waals surface area contributed by atoms with Crippen LogP contribution >= 0.6 is 0 Å². The van der Waals surface area contributed by atoms with Crippen molar-refractivity contribution < 1.29 is 9.90 Å². The predicted octanol–water partition coefficient (Wildman–Crippen LogP) is 1.59. The summed E-state index contributed by atoms with van der Waals surface area (Å²) < 4.78 is 0. The van der Waals surface area contributed by atoms with Crippen molar-refractivity contribution in [3.8, 4) is 6.07 Å². The van der Waals surface area contributed by atoms with E-state index < -0.39 is 0 Å². The van der Waals surface area contributed by atoms with Crippen molar-refractivity contribution in [2.75, 3.05) is 18.4 Å². The second kappa shape index (κ2) is 6.70. The van der Waals surface area contributed by atoms with Gasteiger partial charge in [0.25, 0.3) is 0 Å². The smallest absolute Gasteiger partial charge is 0.241 e. The highest BCUT2D eigenvalue weighted by molar-refractivity contribution is 5.94. The number of aliphatic hydroxyl groups excluding tert-OH is 1. The van der Waals surface area contributed by atoms with Gasteiger partial charge in [-0.05, 0) is 43.5 Å². The Hall–Kier alpha value is -1.90. The Labute approximate surface area is 125 Å². The molecule has 3 atom stereocenters. The van der Waals surface area contributed by atoms with Crippen molar-refractivity contribution in [2.45, 2.75) is 32.4 Å². The molecule has 112 valence electrons. The fourth-order valence-corrected chi connectivity index (χ4v) is 2.56. The van der Waals surface area contributed by atoms with E-state index in [4.69, 9.17) is 5.26 Å². The van der Waals surface area contributed by atoms with Crippen molar-refractivity contribution in [1.82, 2.24) is 4.90 Å². The van der Waals surface area contributed by atoms with Crippen LogP contribution in [0.2, 0.25) is 0 Å². The minimum absolute atomic E-state index is 0.0664. The lowest BCUT2D eigenvalue weighted by atomic mass is 9.95. The first-order valence-electron chi connectivity index (χ1n) is 7.24. The first kappa shape index (κ1) is 15.5. The van der Waals surface area contributed by atoms with Gasteiger partial charge in [0.15, 0.2) is 0 Å². The van der Waals surface area contributed by atoms with Crippen LogP contribution in [0.5, 0.6) is 0 Å². The maximum absolute atomic E-state index is 12.3. The van der Waals surface area contributed by atoms with E-state index in [2.05, 4.69) is 10.2 Å². The Morgan fingerprint density at radius 1 is 1.48 bits per heavy atom. The lowest BCUT2D eigenvalue weighted by Gasteiger charge is -2.37. The van der Waals surface area contributed by atoms with E-state index in [1.165, 1.54) is 0 Å². The molecule has 3 unspecified atom stereocenters. The van der Waals surface area contributed by atoms with E-state index in [-0.39, 0.29) is 24.0 Å². The molecule has 0 aliphatic carbocycles. The fraction of sp³-hybridized carbons (Fsp3) is 0.500. The second-order valence-electron chi connectivity index (χ2n) is 5.68. The van der Waals surface area contributed by atoms with Crippen LogP contribution in [-0.2, 0) is 4.79 Å². The molecule has 0 radical (unpaired) electrons. The number of likely N-dealkylation sites (tertiary alicyclic amines) is 1. The molecule has 1 aromatic carbocycles. The number of nitrogens with zero attached hydrogens (tertiary/aromatic N) is 2. The molecule has 2 rings (SSSR count). The van der Waals surface area contributed by atoms with Crippen LogP contribution in [0.15, 0.2) is 24.3 Å². The molecule has 1 aromatic rings. The summed E-state index contributed by atoms with van der Waals surface area (Å²) in [5.41, 5.74) is 1.26. The number of nitrogens with one attached hydrogen (secondary N) is 1. The topological polar surface area (TPSA) is 76.4 Å². The highest BCUT2D eigenvalue weighted by Gasteiger charge is 2.29. The molecule has 1 aliphatic rings. The second-order valence-corrected chi connectivity index (χ2v) is 5.68. The molecular weight excluding hydrogens is 266 g/mol. The number of carbonyl (C=O) groups excluding carboxylic acids is 1.